The summed E-state index contributed by atoms with van der Waals surface area (Å²) in [7, 11) is 0. The van der Waals surface area contributed by atoms with Crippen LogP contribution in [0.5, 0.6) is 0 Å². The van der Waals surface area contributed by atoms with Crippen LogP contribution in [0, 0.1) is 0 Å². The second kappa shape index (κ2) is 10.7. The van der Waals surface area contributed by atoms with E-state index < -0.39 is 54.6 Å². The van der Waals surface area contributed by atoms with Crippen LogP contribution in [0.25, 0.3) is 0 Å². The minimum Gasteiger partial charge on any atom is -0.480 e. The fourth-order valence-electron chi connectivity index (χ4n) is 3.61. The van der Waals surface area contributed by atoms with Gasteiger partial charge in [-0.2, -0.15) is 0 Å². The molecule has 2 atom stereocenters. The number of amides is 1. The molecule has 2 aromatic carbocycles. The van der Waals surface area contributed by atoms with E-state index in [2.05, 4.69) is 5.32 Å². The van der Waals surface area contributed by atoms with E-state index in [1.807, 2.05) is 6.07 Å². The summed E-state index contributed by atoms with van der Waals surface area (Å²) in [5.74, 6) is -2.33. The summed E-state index contributed by atoms with van der Waals surface area (Å²) in [4.78, 5) is 38.8. The van der Waals surface area contributed by atoms with Crippen LogP contribution >= 0.6 is 0 Å². The van der Waals surface area contributed by atoms with E-state index in [9.17, 15) is 19.5 Å². The molecule has 1 amide bonds. The summed E-state index contributed by atoms with van der Waals surface area (Å²) < 4.78 is 44.9. The fraction of sp³-hybridized carbons (Fsp3) is 0.375. The van der Waals surface area contributed by atoms with Gasteiger partial charge in [0.15, 0.2) is 0 Å². The highest BCUT2D eigenvalue weighted by Crippen LogP contribution is 2.27. The van der Waals surface area contributed by atoms with Crippen LogP contribution in [0.2, 0.25) is 0 Å². The van der Waals surface area contributed by atoms with Crippen LogP contribution in [0.1, 0.15) is 37.7 Å². The van der Waals surface area contributed by atoms with Gasteiger partial charge in [0.1, 0.15) is 12.6 Å². The summed E-state index contributed by atoms with van der Waals surface area (Å²) in [5.41, 5.74) is 1.37. The van der Waals surface area contributed by atoms with Crippen molar-refractivity contribution in [2.45, 2.75) is 44.7 Å². The molecule has 7 nitrogen and oxygen atoms in total. The van der Waals surface area contributed by atoms with E-state index in [0.717, 1.165) is 5.56 Å². The lowest BCUT2D eigenvalue weighted by Gasteiger charge is -2.27. The molecule has 1 aliphatic rings. The number of anilines is 1. The normalized spacial score (nSPS) is 19.1. The van der Waals surface area contributed by atoms with Crippen molar-refractivity contribution >= 4 is 23.5 Å². The van der Waals surface area contributed by atoms with Gasteiger partial charge in [0.2, 0.25) is 5.91 Å². The highest BCUT2D eigenvalue weighted by molar-refractivity contribution is 6.02. The summed E-state index contributed by atoms with van der Waals surface area (Å²) in [6.45, 7) is 1.17. The zero-order chi connectivity index (χ0) is 26.6. The van der Waals surface area contributed by atoms with Gasteiger partial charge in [-0.1, -0.05) is 48.4 Å². The van der Waals surface area contributed by atoms with Gasteiger partial charge in [0, 0.05) is 5.69 Å². The number of carboxylic acid groups (broad SMARTS) is 1. The number of nitrogens with one attached hydrogen (secondary N) is 1. The quantitative estimate of drug-likeness (QED) is 0.595. The monoisotopic (exact) mass is 429 g/mol. The Balaban J connectivity index is 1.87. The number of benzene rings is 2. The number of rotatable bonds is 9. The van der Waals surface area contributed by atoms with E-state index in [1.165, 1.54) is 4.90 Å². The Morgan fingerprint density at radius 3 is 2.74 bits per heavy atom. The molecule has 31 heavy (non-hydrogen) atoms. The lowest BCUT2D eigenvalue weighted by molar-refractivity contribution is -0.146. The number of fused-ring (bicyclic) bond motifs is 1. The standard InChI is InChI=1S/C24H28N2O5/c1-2-31-24(30)20(14-12-17-8-4-3-5-9-17)25-19-15-13-18-10-6-7-11-21(18)26(23(19)29)16-22(27)28/h3-11,19-20,25H,2,12-16H2,1H3,(H,27,28)/t19-,20-/m0/s1/i3D,4D,5D,8D,9D. The van der Waals surface area contributed by atoms with Crippen molar-refractivity contribution < 1.29 is 31.1 Å². The maximum absolute atomic E-state index is 13.4. The Morgan fingerprint density at radius 2 is 2.03 bits per heavy atom. The molecule has 3 rings (SSSR count). The van der Waals surface area contributed by atoms with Crippen molar-refractivity contribution in [3.8, 4) is 0 Å². The molecule has 0 saturated heterocycles. The molecule has 1 heterocycles. The number of esters is 1. The Bertz CT molecular complexity index is 1150. The number of carbonyl (C=O) groups excluding carboxylic acids is 2. The molecule has 0 bridgehead atoms. The predicted molar refractivity (Wildman–Crippen MR) is 117 cm³/mol. The van der Waals surface area contributed by atoms with Crippen molar-refractivity contribution in [3.05, 3.63) is 65.6 Å². The fourth-order valence-corrected chi connectivity index (χ4v) is 3.61. The molecule has 0 saturated carbocycles. The lowest BCUT2D eigenvalue weighted by atomic mass is 10.0. The van der Waals surface area contributed by atoms with Crippen LogP contribution in [-0.2, 0) is 32.0 Å². The maximum Gasteiger partial charge on any atom is 0.323 e. The first-order valence-electron chi connectivity index (χ1n) is 12.7. The maximum atomic E-state index is 13.4. The first kappa shape index (κ1) is 16.5. The Hall–Kier alpha value is -3.19. The lowest BCUT2D eigenvalue weighted by Crippen LogP contribution is -2.53. The van der Waals surface area contributed by atoms with Gasteiger partial charge < -0.3 is 9.84 Å². The number of hydrogen-bond donors (Lipinski definition) is 2. The number of aryl methyl sites for hydroxylation is 1. The SMILES string of the molecule is [2H]c1c([2H])c([2H])c(CC[C@H](N[C@H]2CCc3ccccc3N(CC(=O)O)C2=O)C(=O)OCC)c([2H])c1[2H]. The first-order valence-corrected chi connectivity index (χ1v) is 10.2. The number of aliphatic carboxylic acids is 1. The van der Waals surface area contributed by atoms with E-state index in [4.69, 9.17) is 11.6 Å². The second-order valence-corrected chi connectivity index (χ2v) is 7.15. The zero-order valence-corrected chi connectivity index (χ0v) is 17.2. The van der Waals surface area contributed by atoms with Crippen LogP contribution in [0.4, 0.5) is 5.69 Å². The Labute approximate surface area is 189 Å². The minimum atomic E-state index is -1.18. The summed E-state index contributed by atoms with van der Waals surface area (Å²) in [6.07, 6.45) is 0.736. The summed E-state index contributed by atoms with van der Waals surface area (Å²) in [6, 6.07) is 2.97. The highest BCUT2D eigenvalue weighted by atomic mass is 16.5. The molecule has 0 unspecified atom stereocenters. The number of para-hydroxylation sites is 1. The molecule has 0 radical (unpaired) electrons. The molecule has 7 heteroatoms. The topological polar surface area (TPSA) is 95.9 Å². The average Bonchev–Trinajstić information content (AvgIpc) is 2.97. The van der Waals surface area contributed by atoms with Gasteiger partial charge in [0.25, 0.3) is 0 Å². The Kier molecular flexibility index (Phi) is 5.71. The van der Waals surface area contributed by atoms with Gasteiger partial charge in [-0.3, -0.25) is 24.6 Å². The summed E-state index contributed by atoms with van der Waals surface area (Å²) in [5, 5.41) is 12.4. The first-order chi connectivity index (χ1) is 17.1. The molecular weight excluding hydrogens is 396 g/mol. The highest BCUT2D eigenvalue weighted by Gasteiger charge is 2.34. The van der Waals surface area contributed by atoms with Gasteiger partial charge in [-0.05, 0) is 49.8 Å². The van der Waals surface area contributed by atoms with E-state index in [0.29, 0.717) is 18.5 Å². The molecule has 0 aliphatic carbocycles. The molecule has 0 fully saturated rings. The largest absolute Gasteiger partial charge is 0.480 e. The van der Waals surface area contributed by atoms with Crippen molar-refractivity contribution in [3.63, 3.8) is 0 Å². The minimum absolute atomic E-state index is 0.00246. The third-order valence-corrected chi connectivity index (χ3v) is 5.05. The van der Waals surface area contributed by atoms with Gasteiger partial charge in [0.05, 0.1) is 19.5 Å². The number of ether oxygens (including phenoxy) is 1. The number of carboxylic acids is 1. The Morgan fingerprint density at radius 1 is 1.29 bits per heavy atom. The van der Waals surface area contributed by atoms with E-state index >= 15 is 0 Å². The third-order valence-electron chi connectivity index (χ3n) is 5.05. The molecule has 0 aromatic heterocycles. The van der Waals surface area contributed by atoms with Gasteiger partial charge in [-0.25, -0.2) is 0 Å². The molecule has 164 valence electrons. The molecule has 0 spiro atoms. The number of carbonyl (C=O) groups is 3. The smallest absolute Gasteiger partial charge is 0.323 e. The molecule has 1 aliphatic heterocycles. The second-order valence-electron chi connectivity index (χ2n) is 7.15. The van der Waals surface area contributed by atoms with Crippen LogP contribution < -0.4 is 10.2 Å². The number of hydrogen-bond acceptors (Lipinski definition) is 5. The van der Waals surface area contributed by atoms with Crippen molar-refractivity contribution in [1.82, 2.24) is 5.32 Å². The van der Waals surface area contributed by atoms with E-state index in [-0.39, 0.29) is 37.1 Å². The predicted octanol–water partition coefficient (Wildman–Crippen LogP) is 2.57. The summed E-state index contributed by atoms with van der Waals surface area (Å²) >= 11 is 0. The zero-order valence-electron chi connectivity index (χ0n) is 22.2. The van der Waals surface area contributed by atoms with E-state index in [1.54, 1.807) is 25.1 Å². The van der Waals surface area contributed by atoms with Crippen molar-refractivity contribution in [2.24, 2.45) is 0 Å². The average molecular weight is 430 g/mol. The van der Waals surface area contributed by atoms with Crippen molar-refractivity contribution in [1.29, 1.82) is 0 Å². The van der Waals surface area contributed by atoms with Gasteiger partial charge >= 0.3 is 11.9 Å². The van der Waals surface area contributed by atoms with Crippen LogP contribution in [0.3, 0.4) is 0 Å². The van der Waals surface area contributed by atoms with Crippen LogP contribution in [-0.4, -0.2) is 48.2 Å². The van der Waals surface area contributed by atoms with Crippen LogP contribution in [0.15, 0.2) is 54.5 Å². The molecular formula is C24H28N2O5. The van der Waals surface area contributed by atoms with Gasteiger partial charge in [-0.15, -0.1) is 0 Å². The molecule has 2 aromatic rings. The third kappa shape index (κ3) is 5.92. The van der Waals surface area contributed by atoms with Crippen molar-refractivity contribution in [2.75, 3.05) is 18.1 Å². The molecule has 2 N–H and O–H groups in total. The number of nitrogens with zero attached hydrogens (tertiary/aromatic N) is 1.